The average molecular weight is 309 g/mol. The zero-order chi connectivity index (χ0) is 15.8. The first-order chi connectivity index (χ1) is 9.93. The molecule has 1 rings (SSSR count). The maximum absolute atomic E-state index is 12.4. The lowest BCUT2D eigenvalue weighted by Crippen LogP contribution is -2.52. The minimum absolute atomic E-state index is 0.0305. The summed E-state index contributed by atoms with van der Waals surface area (Å²) >= 11 is 0. The average Bonchev–Trinajstić information content (AvgIpc) is 2.67. The second kappa shape index (κ2) is 8.99. The SMILES string of the molecule is CCCNC(CCCC(F)(F)F)C1(OC)CCCCCC1. The molecule has 0 aromatic heterocycles. The van der Waals surface area contributed by atoms with E-state index in [1.165, 1.54) is 12.8 Å². The highest BCUT2D eigenvalue weighted by Gasteiger charge is 2.39. The third kappa shape index (κ3) is 6.55. The predicted molar refractivity (Wildman–Crippen MR) is 79.4 cm³/mol. The number of hydrogen-bond donors (Lipinski definition) is 1. The van der Waals surface area contributed by atoms with Gasteiger partial charge in [0.05, 0.1) is 5.60 Å². The van der Waals surface area contributed by atoms with Gasteiger partial charge in [0.15, 0.2) is 0 Å². The molecule has 1 saturated carbocycles. The van der Waals surface area contributed by atoms with Crippen LogP contribution in [0.5, 0.6) is 0 Å². The summed E-state index contributed by atoms with van der Waals surface area (Å²) < 4.78 is 43.0. The summed E-state index contributed by atoms with van der Waals surface area (Å²) in [6.07, 6.45) is 3.47. The highest BCUT2D eigenvalue weighted by molar-refractivity contribution is 4.94. The van der Waals surface area contributed by atoms with E-state index in [1.54, 1.807) is 7.11 Å². The third-order valence-electron chi connectivity index (χ3n) is 4.59. The zero-order valence-corrected chi connectivity index (χ0v) is 13.4. The van der Waals surface area contributed by atoms with Crippen molar-refractivity contribution in [1.29, 1.82) is 0 Å². The Morgan fingerprint density at radius 1 is 1.14 bits per heavy atom. The van der Waals surface area contributed by atoms with Crippen molar-refractivity contribution in [3.05, 3.63) is 0 Å². The maximum atomic E-state index is 12.4. The third-order valence-corrected chi connectivity index (χ3v) is 4.59. The van der Waals surface area contributed by atoms with Gasteiger partial charge in [-0.1, -0.05) is 32.6 Å². The molecule has 21 heavy (non-hydrogen) atoms. The summed E-state index contributed by atoms with van der Waals surface area (Å²) in [5.41, 5.74) is -0.280. The molecule has 0 amide bonds. The van der Waals surface area contributed by atoms with Crippen LogP contribution in [0.3, 0.4) is 0 Å². The second-order valence-corrected chi connectivity index (χ2v) is 6.20. The van der Waals surface area contributed by atoms with Gasteiger partial charge in [0, 0.05) is 19.6 Å². The summed E-state index contributed by atoms with van der Waals surface area (Å²) in [6.45, 7) is 2.91. The number of ether oxygens (including phenoxy) is 1. The summed E-state index contributed by atoms with van der Waals surface area (Å²) in [4.78, 5) is 0. The number of hydrogen-bond acceptors (Lipinski definition) is 2. The number of halogens is 3. The molecule has 1 unspecified atom stereocenters. The molecule has 1 aliphatic carbocycles. The summed E-state index contributed by atoms with van der Waals surface area (Å²) in [5.74, 6) is 0. The number of methoxy groups -OCH3 is 1. The number of nitrogens with one attached hydrogen (secondary N) is 1. The Labute approximate surface area is 126 Å². The molecule has 5 heteroatoms. The maximum Gasteiger partial charge on any atom is 0.389 e. The van der Waals surface area contributed by atoms with Crippen molar-refractivity contribution in [2.45, 2.75) is 89.0 Å². The van der Waals surface area contributed by atoms with E-state index in [0.717, 1.165) is 38.6 Å². The van der Waals surface area contributed by atoms with E-state index < -0.39 is 12.6 Å². The molecule has 1 atom stereocenters. The van der Waals surface area contributed by atoms with Gasteiger partial charge in [-0.2, -0.15) is 13.2 Å². The Morgan fingerprint density at radius 3 is 2.24 bits per heavy atom. The monoisotopic (exact) mass is 309 g/mol. The van der Waals surface area contributed by atoms with Crippen LogP contribution in [0.4, 0.5) is 13.2 Å². The Kier molecular flexibility index (Phi) is 8.03. The highest BCUT2D eigenvalue weighted by atomic mass is 19.4. The molecule has 0 aromatic rings. The smallest absolute Gasteiger partial charge is 0.377 e. The molecule has 0 radical (unpaired) electrons. The van der Waals surface area contributed by atoms with Crippen molar-refractivity contribution in [2.75, 3.05) is 13.7 Å². The van der Waals surface area contributed by atoms with Crippen LogP contribution in [0.25, 0.3) is 0 Å². The Hall–Kier alpha value is -0.290. The summed E-state index contributed by atoms with van der Waals surface area (Å²) in [5, 5.41) is 3.45. The van der Waals surface area contributed by atoms with Gasteiger partial charge in [-0.15, -0.1) is 0 Å². The standard InChI is InChI=1S/C16H30F3NO/c1-3-13-20-14(9-8-12-16(17,18)19)15(21-2)10-6-4-5-7-11-15/h14,20H,3-13H2,1-2H3. The van der Waals surface area contributed by atoms with Gasteiger partial charge < -0.3 is 10.1 Å². The van der Waals surface area contributed by atoms with E-state index in [-0.39, 0.29) is 18.1 Å². The van der Waals surface area contributed by atoms with Crippen molar-refractivity contribution >= 4 is 0 Å². The lowest BCUT2D eigenvalue weighted by molar-refractivity contribution is -0.137. The summed E-state index contributed by atoms with van der Waals surface area (Å²) in [7, 11) is 1.72. The van der Waals surface area contributed by atoms with Gasteiger partial charge in [0.1, 0.15) is 0 Å². The van der Waals surface area contributed by atoms with Crippen molar-refractivity contribution in [1.82, 2.24) is 5.32 Å². The van der Waals surface area contributed by atoms with Crippen molar-refractivity contribution in [3.8, 4) is 0 Å². The normalized spacial score (nSPS) is 21.0. The molecule has 0 aliphatic heterocycles. The van der Waals surface area contributed by atoms with Crippen LogP contribution in [0.1, 0.15) is 71.1 Å². The van der Waals surface area contributed by atoms with E-state index in [9.17, 15) is 13.2 Å². The van der Waals surface area contributed by atoms with E-state index >= 15 is 0 Å². The molecule has 126 valence electrons. The van der Waals surface area contributed by atoms with Gasteiger partial charge in [-0.3, -0.25) is 0 Å². The number of alkyl halides is 3. The van der Waals surface area contributed by atoms with Crippen LogP contribution in [0.15, 0.2) is 0 Å². The Balaban J connectivity index is 2.67. The lowest BCUT2D eigenvalue weighted by atomic mass is 9.83. The molecule has 2 nitrogen and oxygen atoms in total. The van der Waals surface area contributed by atoms with Gasteiger partial charge in [-0.05, 0) is 38.6 Å². The van der Waals surface area contributed by atoms with Crippen LogP contribution in [0, 0.1) is 0 Å². The van der Waals surface area contributed by atoms with Crippen LogP contribution < -0.4 is 5.32 Å². The minimum Gasteiger partial charge on any atom is -0.377 e. The lowest BCUT2D eigenvalue weighted by Gasteiger charge is -2.40. The predicted octanol–water partition coefficient (Wildman–Crippen LogP) is 4.83. The van der Waals surface area contributed by atoms with Gasteiger partial charge in [0.2, 0.25) is 0 Å². The van der Waals surface area contributed by atoms with E-state index in [4.69, 9.17) is 4.74 Å². The van der Waals surface area contributed by atoms with Crippen molar-refractivity contribution in [3.63, 3.8) is 0 Å². The number of rotatable bonds is 8. The molecule has 1 aliphatic rings. The largest absolute Gasteiger partial charge is 0.389 e. The van der Waals surface area contributed by atoms with Gasteiger partial charge >= 0.3 is 6.18 Å². The quantitative estimate of drug-likeness (QED) is 0.649. The molecule has 1 N–H and O–H groups in total. The first kappa shape index (κ1) is 18.8. The fourth-order valence-corrected chi connectivity index (χ4v) is 3.40. The van der Waals surface area contributed by atoms with Crippen LogP contribution in [-0.2, 0) is 4.74 Å². The first-order valence-corrected chi connectivity index (χ1v) is 8.29. The first-order valence-electron chi connectivity index (χ1n) is 8.29. The van der Waals surface area contributed by atoms with Crippen molar-refractivity contribution in [2.24, 2.45) is 0 Å². The van der Waals surface area contributed by atoms with Gasteiger partial charge in [-0.25, -0.2) is 0 Å². The zero-order valence-electron chi connectivity index (χ0n) is 13.4. The Morgan fingerprint density at radius 2 is 1.76 bits per heavy atom. The Bertz CT molecular complexity index is 273. The van der Waals surface area contributed by atoms with Crippen LogP contribution in [-0.4, -0.2) is 31.5 Å². The molecule has 0 spiro atoms. The minimum atomic E-state index is -4.06. The van der Waals surface area contributed by atoms with Crippen LogP contribution in [0.2, 0.25) is 0 Å². The highest BCUT2D eigenvalue weighted by Crippen LogP contribution is 2.35. The molecular formula is C16H30F3NO. The second-order valence-electron chi connectivity index (χ2n) is 6.20. The fourth-order valence-electron chi connectivity index (χ4n) is 3.40. The molecule has 0 aromatic carbocycles. The molecule has 1 fully saturated rings. The molecule has 0 heterocycles. The topological polar surface area (TPSA) is 21.3 Å². The van der Waals surface area contributed by atoms with E-state index in [0.29, 0.717) is 6.42 Å². The van der Waals surface area contributed by atoms with E-state index in [1.807, 2.05) is 0 Å². The summed E-state index contributed by atoms with van der Waals surface area (Å²) in [6, 6.07) is 0.0305. The van der Waals surface area contributed by atoms with Crippen LogP contribution >= 0.6 is 0 Å². The molecule has 0 bridgehead atoms. The van der Waals surface area contributed by atoms with E-state index in [2.05, 4.69) is 12.2 Å². The molecule has 0 saturated heterocycles. The fraction of sp³-hybridized carbons (Fsp3) is 1.00. The van der Waals surface area contributed by atoms with Gasteiger partial charge in [0.25, 0.3) is 0 Å². The molecular weight excluding hydrogens is 279 g/mol. The van der Waals surface area contributed by atoms with Crippen molar-refractivity contribution < 1.29 is 17.9 Å².